The van der Waals surface area contributed by atoms with Gasteiger partial charge in [-0.3, -0.25) is 0 Å². The maximum atomic E-state index is 15.0. The zero-order chi connectivity index (χ0) is 34.0. The van der Waals surface area contributed by atoms with Gasteiger partial charge in [0.2, 0.25) is 0 Å². The first-order valence-corrected chi connectivity index (χ1v) is 18.6. The van der Waals surface area contributed by atoms with Gasteiger partial charge in [0.05, 0.1) is 0 Å². The van der Waals surface area contributed by atoms with E-state index in [1.165, 1.54) is 62.5 Å². The summed E-state index contributed by atoms with van der Waals surface area (Å²) in [7, 11) is 0. The lowest BCUT2D eigenvalue weighted by Gasteiger charge is -2.27. The molecule has 2 fully saturated rings. The minimum atomic E-state index is -0.162. The lowest BCUT2D eigenvalue weighted by Crippen LogP contribution is -2.11. The summed E-state index contributed by atoms with van der Waals surface area (Å²) in [5, 5.41) is 0. The molecule has 1 nitrogen and oxygen atoms in total. The molecule has 0 aromatic heterocycles. The molecule has 0 amide bonds. The maximum absolute atomic E-state index is 15.0. The van der Waals surface area contributed by atoms with E-state index in [1.54, 1.807) is 12.1 Å². The molecule has 4 aromatic rings. The Balaban J connectivity index is 0.896. The molecule has 0 atom stereocenters. The number of aryl methyl sites for hydroxylation is 2. The molecule has 0 aliphatic heterocycles. The van der Waals surface area contributed by atoms with E-state index in [1.807, 2.05) is 24.3 Å². The predicted octanol–water partition coefficient (Wildman–Crippen LogP) is 12.8. The Morgan fingerprint density at radius 2 is 0.878 bits per heavy atom. The smallest absolute Gasteiger partial charge is 0.127 e. The summed E-state index contributed by atoms with van der Waals surface area (Å²) in [5.74, 6) is 2.24. The fraction of sp³-hybridized carbons (Fsp3) is 0.391. The fourth-order valence-electron chi connectivity index (χ4n) is 7.96. The van der Waals surface area contributed by atoms with E-state index in [0.29, 0.717) is 49.7 Å². The summed E-state index contributed by atoms with van der Waals surface area (Å²) in [4.78, 5) is 0. The first-order valence-electron chi connectivity index (χ1n) is 18.6. The standard InChI is InChI=1S/C46H52F2O/c1-3-33-9-13-35(14-10-33)37-17-21-39(22-18-37)43-27-25-41(45(47)31-43)7-5-29-49-30-6-8-42-26-28-44(32-46(42)48)40-23-19-38(20-24-40)36-15-11-34(4-2)12-16-36/h3-4,17-28,31-36H,1-2,5-16,29-30H2. The van der Waals surface area contributed by atoms with E-state index in [-0.39, 0.29) is 11.6 Å². The average molecular weight is 659 g/mol. The van der Waals surface area contributed by atoms with Gasteiger partial charge in [0.25, 0.3) is 0 Å². The first-order chi connectivity index (χ1) is 24.0. The van der Waals surface area contributed by atoms with Crippen LogP contribution in [0, 0.1) is 23.5 Å². The van der Waals surface area contributed by atoms with Gasteiger partial charge >= 0.3 is 0 Å². The molecular weight excluding hydrogens is 607 g/mol. The van der Waals surface area contributed by atoms with E-state index >= 15 is 0 Å². The summed E-state index contributed by atoms with van der Waals surface area (Å²) < 4.78 is 35.8. The van der Waals surface area contributed by atoms with Crippen LogP contribution in [0.1, 0.15) is 98.3 Å². The van der Waals surface area contributed by atoms with Crippen molar-refractivity contribution in [2.45, 2.75) is 88.9 Å². The third-order valence-electron chi connectivity index (χ3n) is 11.2. The third-order valence-corrected chi connectivity index (χ3v) is 11.2. The highest BCUT2D eigenvalue weighted by molar-refractivity contribution is 5.65. The largest absolute Gasteiger partial charge is 0.381 e. The minimum absolute atomic E-state index is 0.162. The quantitative estimate of drug-likeness (QED) is 0.0968. The normalized spacial score (nSPS) is 20.9. The molecule has 0 N–H and O–H groups in total. The Labute approximate surface area is 293 Å². The highest BCUT2D eigenvalue weighted by atomic mass is 19.1. The SMILES string of the molecule is C=CC1CCC(c2ccc(-c3ccc(CCCOCCCc4ccc(-c5ccc(C6CCC(C=C)CC6)cc5)cc4F)c(F)c3)cc2)CC1. The molecule has 0 bridgehead atoms. The van der Waals surface area contributed by atoms with Crippen molar-refractivity contribution in [2.75, 3.05) is 13.2 Å². The van der Waals surface area contributed by atoms with Crippen molar-refractivity contribution in [1.29, 1.82) is 0 Å². The van der Waals surface area contributed by atoms with Gasteiger partial charge in [-0.2, -0.15) is 0 Å². The minimum Gasteiger partial charge on any atom is -0.381 e. The lowest BCUT2D eigenvalue weighted by atomic mass is 9.78. The average Bonchev–Trinajstić information content (AvgIpc) is 3.15. The summed E-state index contributed by atoms with van der Waals surface area (Å²) in [6.07, 6.45) is 16.7. The molecular formula is C46H52F2O. The predicted molar refractivity (Wildman–Crippen MR) is 201 cm³/mol. The maximum Gasteiger partial charge on any atom is 0.127 e. The van der Waals surface area contributed by atoms with Gasteiger partial charge in [-0.25, -0.2) is 8.78 Å². The van der Waals surface area contributed by atoms with Crippen molar-refractivity contribution >= 4 is 0 Å². The van der Waals surface area contributed by atoms with E-state index in [9.17, 15) is 8.78 Å². The van der Waals surface area contributed by atoms with Crippen LogP contribution in [0.25, 0.3) is 22.3 Å². The molecule has 49 heavy (non-hydrogen) atoms. The molecule has 3 heteroatoms. The molecule has 0 heterocycles. The van der Waals surface area contributed by atoms with Crippen LogP contribution in [-0.4, -0.2) is 13.2 Å². The number of allylic oxidation sites excluding steroid dienone is 2. The Hall–Kier alpha value is -3.82. The summed E-state index contributed by atoms with van der Waals surface area (Å²) in [6, 6.07) is 28.6. The molecule has 4 aromatic carbocycles. The first kappa shape index (κ1) is 35.0. The molecule has 2 aliphatic carbocycles. The number of hydrogen-bond donors (Lipinski definition) is 0. The summed E-state index contributed by atoms with van der Waals surface area (Å²) >= 11 is 0. The molecule has 2 saturated carbocycles. The number of ether oxygens (including phenoxy) is 1. The van der Waals surface area contributed by atoms with Crippen LogP contribution >= 0.6 is 0 Å². The monoisotopic (exact) mass is 658 g/mol. The van der Waals surface area contributed by atoms with Gasteiger partial charge in [-0.15, -0.1) is 13.2 Å². The Morgan fingerprint density at radius 3 is 1.22 bits per heavy atom. The van der Waals surface area contributed by atoms with Crippen LogP contribution in [0.3, 0.4) is 0 Å². The second kappa shape index (κ2) is 17.2. The number of hydrogen-bond acceptors (Lipinski definition) is 1. The zero-order valence-corrected chi connectivity index (χ0v) is 29.0. The van der Waals surface area contributed by atoms with Crippen molar-refractivity contribution < 1.29 is 13.5 Å². The second-order valence-corrected chi connectivity index (χ2v) is 14.4. The van der Waals surface area contributed by atoms with Crippen molar-refractivity contribution in [2.24, 2.45) is 11.8 Å². The van der Waals surface area contributed by atoms with Gasteiger partial charge in [0, 0.05) is 13.2 Å². The number of rotatable bonds is 14. The third kappa shape index (κ3) is 9.25. The van der Waals surface area contributed by atoms with Gasteiger partial charge in [0.15, 0.2) is 0 Å². The van der Waals surface area contributed by atoms with Crippen molar-refractivity contribution in [3.05, 3.63) is 144 Å². The molecule has 0 spiro atoms. The molecule has 0 radical (unpaired) electrons. The fourth-order valence-corrected chi connectivity index (χ4v) is 7.96. The summed E-state index contributed by atoms with van der Waals surface area (Å²) in [6.45, 7) is 9.03. The van der Waals surface area contributed by atoms with Crippen LogP contribution in [-0.2, 0) is 17.6 Å². The van der Waals surface area contributed by atoms with Crippen molar-refractivity contribution in [3.8, 4) is 22.3 Å². The molecule has 256 valence electrons. The highest BCUT2D eigenvalue weighted by Gasteiger charge is 2.22. The van der Waals surface area contributed by atoms with Gasteiger partial charge in [0.1, 0.15) is 11.6 Å². The molecule has 6 rings (SSSR count). The molecule has 2 aliphatic rings. The van der Waals surface area contributed by atoms with Gasteiger partial charge < -0.3 is 4.74 Å². The van der Waals surface area contributed by atoms with E-state index in [4.69, 9.17) is 4.74 Å². The van der Waals surface area contributed by atoms with Gasteiger partial charge in [-0.1, -0.05) is 84.9 Å². The Morgan fingerprint density at radius 1 is 0.510 bits per heavy atom. The number of benzene rings is 4. The van der Waals surface area contributed by atoms with Crippen LogP contribution in [0.5, 0.6) is 0 Å². The van der Waals surface area contributed by atoms with Crippen molar-refractivity contribution in [3.63, 3.8) is 0 Å². The molecule has 0 unspecified atom stereocenters. The van der Waals surface area contributed by atoms with Gasteiger partial charge in [-0.05, 0) is 157 Å². The van der Waals surface area contributed by atoms with Crippen LogP contribution < -0.4 is 0 Å². The Bertz CT molecular complexity index is 1530. The molecule has 0 saturated heterocycles. The number of halogens is 2. The van der Waals surface area contributed by atoms with Crippen molar-refractivity contribution in [1.82, 2.24) is 0 Å². The van der Waals surface area contributed by atoms with Crippen LogP contribution in [0.4, 0.5) is 8.78 Å². The van der Waals surface area contributed by atoms with E-state index in [0.717, 1.165) is 46.2 Å². The lowest BCUT2D eigenvalue weighted by molar-refractivity contribution is 0.129. The highest BCUT2D eigenvalue weighted by Crippen LogP contribution is 2.38. The zero-order valence-electron chi connectivity index (χ0n) is 29.0. The topological polar surface area (TPSA) is 9.23 Å². The second-order valence-electron chi connectivity index (χ2n) is 14.4. The summed E-state index contributed by atoms with van der Waals surface area (Å²) in [5.41, 5.74) is 8.14. The van der Waals surface area contributed by atoms with Crippen LogP contribution in [0.15, 0.2) is 110 Å². The van der Waals surface area contributed by atoms with Crippen LogP contribution in [0.2, 0.25) is 0 Å². The Kier molecular flexibility index (Phi) is 12.3. The van der Waals surface area contributed by atoms with E-state index in [2.05, 4.69) is 73.8 Å². The van der Waals surface area contributed by atoms with E-state index < -0.39 is 0 Å².